The van der Waals surface area contributed by atoms with Gasteiger partial charge in [0.25, 0.3) is 0 Å². The normalized spacial score (nSPS) is 14.9. The van der Waals surface area contributed by atoms with Crippen molar-refractivity contribution in [1.29, 1.82) is 0 Å². The van der Waals surface area contributed by atoms with Crippen LogP contribution < -0.4 is 0 Å². The van der Waals surface area contributed by atoms with E-state index in [1.807, 2.05) is 0 Å². The van der Waals surface area contributed by atoms with Crippen LogP contribution >= 0.6 is 38.9 Å². The Balaban J connectivity index is 1.96. The zero-order valence-corrected chi connectivity index (χ0v) is 13.9. The van der Waals surface area contributed by atoms with Crippen molar-refractivity contribution in [3.05, 3.63) is 67.8 Å². The zero-order valence-electron chi connectivity index (χ0n) is 10.7. The maximum atomic E-state index is 6.76. The van der Waals surface area contributed by atoms with E-state index >= 15 is 0 Å². The Hall–Kier alpha value is -0.830. The Bertz CT molecular complexity index is 796. The molecule has 20 heavy (non-hydrogen) atoms. The Morgan fingerprint density at radius 1 is 1.05 bits per heavy atom. The lowest BCUT2D eigenvalue weighted by Gasteiger charge is -2.13. The summed E-state index contributed by atoms with van der Waals surface area (Å²) in [6.07, 6.45) is 2.32. The minimum Gasteiger partial charge on any atom is -0.146 e. The van der Waals surface area contributed by atoms with Crippen LogP contribution in [-0.4, -0.2) is 0 Å². The van der Waals surface area contributed by atoms with Crippen molar-refractivity contribution in [1.82, 2.24) is 0 Å². The average molecular weight is 364 g/mol. The summed E-state index contributed by atoms with van der Waals surface area (Å²) in [5, 5.41) is 4.74. The van der Waals surface area contributed by atoms with Crippen LogP contribution in [0.5, 0.6) is 0 Å². The van der Waals surface area contributed by atoms with Crippen LogP contribution in [0.25, 0.3) is 10.8 Å². The number of aryl methyl sites for hydroxylation is 2. The van der Waals surface area contributed by atoms with Crippen molar-refractivity contribution >= 4 is 49.6 Å². The number of benzene rings is 2. The molecule has 0 bridgehead atoms. The smallest absolute Gasteiger partial charge is 0.0945 e. The fourth-order valence-electron chi connectivity index (χ4n) is 3.12. The van der Waals surface area contributed by atoms with Crippen molar-refractivity contribution < 1.29 is 0 Å². The second kappa shape index (κ2) is 4.87. The van der Waals surface area contributed by atoms with Crippen molar-refractivity contribution in [2.45, 2.75) is 18.2 Å². The highest BCUT2D eigenvalue weighted by molar-refractivity contribution is 9.10. The summed E-state index contributed by atoms with van der Waals surface area (Å²) in [6, 6.07) is 13.1. The molecule has 0 saturated carbocycles. The van der Waals surface area contributed by atoms with E-state index in [1.54, 1.807) is 11.3 Å². The first-order valence-electron chi connectivity index (χ1n) is 6.66. The minimum absolute atomic E-state index is 0.0886. The van der Waals surface area contributed by atoms with Gasteiger partial charge in [0.2, 0.25) is 0 Å². The maximum absolute atomic E-state index is 6.76. The lowest BCUT2D eigenvalue weighted by atomic mass is 9.97. The molecule has 0 amide bonds. The molecule has 0 nitrogen and oxygen atoms in total. The summed E-state index contributed by atoms with van der Waals surface area (Å²) < 4.78 is 1.10. The maximum Gasteiger partial charge on any atom is 0.0945 e. The molecule has 0 aliphatic heterocycles. The van der Waals surface area contributed by atoms with Gasteiger partial charge in [-0.3, -0.25) is 0 Å². The Morgan fingerprint density at radius 2 is 1.85 bits per heavy atom. The fraction of sp³-hybridized carbons (Fsp3) is 0.176. The average Bonchev–Trinajstić information content (AvgIpc) is 3.07. The third-order valence-electron chi connectivity index (χ3n) is 4.06. The van der Waals surface area contributed by atoms with Gasteiger partial charge in [-0.15, -0.1) is 22.9 Å². The highest BCUT2D eigenvalue weighted by Gasteiger charge is 2.21. The predicted octanol–water partition coefficient (Wildman–Crippen LogP) is 6.09. The van der Waals surface area contributed by atoms with Crippen molar-refractivity contribution in [2.24, 2.45) is 0 Å². The molecule has 100 valence electrons. The van der Waals surface area contributed by atoms with Crippen molar-refractivity contribution in [2.75, 3.05) is 0 Å². The zero-order chi connectivity index (χ0) is 13.7. The molecular weight excluding hydrogens is 352 g/mol. The van der Waals surface area contributed by atoms with E-state index in [2.05, 4.69) is 57.7 Å². The first kappa shape index (κ1) is 12.9. The van der Waals surface area contributed by atoms with Crippen molar-refractivity contribution in [3.8, 4) is 0 Å². The summed E-state index contributed by atoms with van der Waals surface area (Å²) in [5.41, 5.74) is 4.15. The molecule has 0 saturated heterocycles. The molecule has 1 unspecified atom stereocenters. The molecule has 1 atom stereocenters. The largest absolute Gasteiger partial charge is 0.146 e. The van der Waals surface area contributed by atoms with Gasteiger partial charge in [-0.05, 0) is 67.7 Å². The molecule has 1 aliphatic rings. The van der Waals surface area contributed by atoms with Gasteiger partial charge >= 0.3 is 0 Å². The summed E-state index contributed by atoms with van der Waals surface area (Å²) in [6.45, 7) is 0. The number of hydrogen-bond donors (Lipinski definition) is 0. The molecule has 2 aromatic carbocycles. The fourth-order valence-corrected chi connectivity index (χ4v) is 5.31. The standard InChI is InChI=1S/C17H12BrClS/c18-14-8-9-20-17(14)16(19)13-7-6-11-5-4-10-2-1-3-12(13)15(10)11/h1-3,6-9,16H,4-5H2. The third kappa shape index (κ3) is 1.86. The molecular formula is C17H12BrClS. The molecule has 0 fully saturated rings. The van der Waals surface area contributed by atoms with Crippen molar-refractivity contribution in [3.63, 3.8) is 0 Å². The van der Waals surface area contributed by atoms with Crippen LogP contribution in [0.1, 0.15) is 26.9 Å². The topological polar surface area (TPSA) is 0 Å². The van der Waals surface area contributed by atoms with E-state index in [4.69, 9.17) is 11.6 Å². The second-order valence-corrected chi connectivity index (χ2v) is 7.39. The van der Waals surface area contributed by atoms with E-state index in [1.165, 1.54) is 32.3 Å². The quantitative estimate of drug-likeness (QED) is 0.483. The lowest BCUT2D eigenvalue weighted by Crippen LogP contribution is -1.94. The summed E-state index contributed by atoms with van der Waals surface area (Å²) in [4.78, 5) is 1.19. The van der Waals surface area contributed by atoms with E-state index in [9.17, 15) is 0 Å². The van der Waals surface area contributed by atoms with E-state index in [0.717, 1.165) is 17.3 Å². The number of halogens is 2. The minimum atomic E-state index is -0.0886. The predicted molar refractivity (Wildman–Crippen MR) is 91.1 cm³/mol. The van der Waals surface area contributed by atoms with Gasteiger partial charge in [-0.1, -0.05) is 30.3 Å². The molecule has 3 aromatic rings. The van der Waals surface area contributed by atoms with Crippen LogP contribution in [0.2, 0.25) is 0 Å². The first-order chi connectivity index (χ1) is 9.75. The van der Waals surface area contributed by atoms with Crippen LogP contribution in [0.15, 0.2) is 46.3 Å². The first-order valence-corrected chi connectivity index (χ1v) is 8.77. The number of thiophene rings is 1. The van der Waals surface area contributed by atoms with Crippen LogP contribution in [0.3, 0.4) is 0 Å². The van der Waals surface area contributed by atoms with E-state index in [0.29, 0.717) is 0 Å². The van der Waals surface area contributed by atoms with Gasteiger partial charge in [0.1, 0.15) is 0 Å². The summed E-state index contributed by atoms with van der Waals surface area (Å²) in [7, 11) is 0. The third-order valence-corrected chi connectivity index (χ3v) is 6.58. The second-order valence-electron chi connectivity index (χ2n) is 5.15. The van der Waals surface area contributed by atoms with E-state index < -0.39 is 0 Å². The summed E-state index contributed by atoms with van der Waals surface area (Å²) in [5.74, 6) is 0. The van der Waals surface area contributed by atoms with Crippen LogP contribution in [0, 0.1) is 0 Å². The number of rotatable bonds is 2. The summed E-state index contributed by atoms with van der Waals surface area (Å²) >= 11 is 12.1. The Labute approximate surface area is 135 Å². The van der Waals surface area contributed by atoms with Gasteiger partial charge in [0.05, 0.1) is 5.38 Å². The monoisotopic (exact) mass is 362 g/mol. The van der Waals surface area contributed by atoms with E-state index in [-0.39, 0.29) is 5.38 Å². The van der Waals surface area contributed by atoms with Gasteiger partial charge < -0.3 is 0 Å². The Kier molecular flexibility index (Phi) is 3.13. The molecule has 1 aliphatic carbocycles. The van der Waals surface area contributed by atoms with Crippen LogP contribution in [0.4, 0.5) is 0 Å². The number of hydrogen-bond acceptors (Lipinski definition) is 1. The van der Waals surface area contributed by atoms with Gasteiger partial charge in [0.15, 0.2) is 0 Å². The SMILES string of the molecule is ClC(c1sccc1Br)c1ccc2c3c(cccc13)CC2. The highest BCUT2D eigenvalue weighted by Crippen LogP contribution is 2.42. The van der Waals surface area contributed by atoms with Gasteiger partial charge in [-0.2, -0.15) is 0 Å². The molecule has 0 spiro atoms. The molecule has 1 aromatic heterocycles. The molecule has 0 N–H and O–H groups in total. The van der Waals surface area contributed by atoms with Gasteiger partial charge in [-0.25, -0.2) is 0 Å². The van der Waals surface area contributed by atoms with Crippen LogP contribution in [-0.2, 0) is 12.8 Å². The molecule has 4 rings (SSSR count). The highest BCUT2D eigenvalue weighted by atomic mass is 79.9. The lowest BCUT2D eigenvalue weighted by molar-refractivity contribution is 1.02. The molecule has 3 heteroatoms. The molecule has 0 radical (unpaired) electrons. The molecule has 1 heterocycles. The van der Waals surface area contributed by atoms with Gasteiger partial charge in [0, 0.05) is 9.35 Å². The Morgan fingerprint density at radius 3 is 2.60 bits per heavy atom. The number of alkyl halides is 1.